The lowest BCUT2D eigenvalue weighted by Crippen LogP contribution is -2.24. The quantitative estimate of drug-likeness (QED) is 0.876. The van der Waals surface area contributed by atoms with Crippen molar-refractivity contribution in [1.82, 2.24) is 15.0 Å². The summed E-state index contributed by atoms with van der Waals surface area (Å²) in [5, 5.41) is 1.43. The minimum absolute atomic E-state index is 0.346. The first-order valence-corrected chi connectivity index (χ1v) is 7.50. The molecule has 21 heavy (non-hydrogen) atoms. The molecule has 0 radical (unpaired) electrons. The van der Waals surface area contributed by atoms with E-state index in [9.17, 15) is 0 Å². The summed E-state index contributed by atoms with van der Waals surface area (Å²) in [5.74, 6) is 0.442. The van der Waals surface area contributed by atoms with E-state index in [1.165, 1.54) is 11.8 Å². The third kappa shape index (κ3) is 4.60. The number of nitrogen functional groups attached to an aromatic ring is 1. The molecule has 0 aliphatic rings. The largest absolute Gasteiger partial charge is 0.470 e. The van der Waals surface area contributed by atoms with Crippen LogP contribution in [0.2, 0.25) is 0 Å². The Kier molecular flexibility index (Phi) is 4.37. The van der Waals surface area contributed by atoms with E-state index in [0.717, 1.165) is 16.4 Å². The summed E-state index contributed by atoms with van der Waals surface area (Å²) in [4.78, 5) is 13.2. The minimum atomic E-state index is -0.346. The summed E-state index contributed by atoms with van der Waals surface area (Å²) in [6.07, 6.45) is 0. The smallest absolute Gasteiger partial charge is 0.238 e. The molecular weight excluding hydrogens is 284 g/mol. The molecule has 0 aliphatic heterocycles. The summed E-state index contributed by atoms with van der Waals surface area (Å²) in [5.41, 5.74) is 7.96. The molecule has 0 bridgehead atoms. The molecule has 2 rings (SSSR count). The molecule has 2 aromatic rings. The summed E-state index contributed by atoms with van der Waals surface area (Å²) < 4.78 is 5.77. The lowest BCUT2D eigenvalue weighted by atomic mass is 10.2. The number of rotatable bonds is 3. The number of nitrogens with two attached hydrogens (primary N) is 1. The van der Waals surface area contributed by atoms with Gasteiger partial charge in [0, 0.05) is 11.4 Å². The van der Waals surface area contributed by atoms with Crippen LogP contribution in [-0.4, -0.2) is 20.6 Å². The Bertz CT molecular complexity index is 632. The summed E-state index contributed by atoms with van der Waals surface area (Å²) >= 11 is 1.40. The number of hydrogen-bond acceptors (Lipinski definition) is 6. The Morgan fingerprint density at radius 2 is 1.67 bits per heavy atom. The summed E-state index contributed by atoms with van der Waals surface area (Å²) in [6, 6.07) is 5.57. The highest BCUT2D eigenvalue weighted by Crippen LogP contribution is 2.29. The fourth-order valence-electron chi connectivity index (χ4n) is 1.70. The molecule has 2 N–H and O–H groups in total. The van der Waals surface area contributed by atoms with Gasteiger partial charge in [0.15, 0.2) is 5.16 Å². The molecule has 0 atom stereocenters. The van der Waals surface area contributed by atoms with Crippen molar-refractivity contribution in [2.45, 2.75) is 50.4 Å². The zero-order valence-electron chi connectivity index (χ0n) is 13.0. The zero-order valence-corrected chi connectivity index (χ0v) is 13.8. The third-order valence-electron chi connectivity index (χ3n) is 2.42. The number of ether oxygens (including phenoxy) is 1. The molecule has 0 saturated carbocycles. The summed E-state index contributed by atoms with van der Waals surface area (Å²) in [6.45, 7) is 9.77. The van der Waals surface area contributed by atoms with Crippen molar-refractivity contribution in [2.75, 3.05) is 5.73 Å². The molecule has 0 aromatic carbocycles. The Balaban J connectivity index is 2.26. The Morgan fingerprint density at radius 1 is 1.05 bits per heavy atom. The van der Waals surface area contributed by atoms with Gasteiger partial charge in [0.2, 0.25) is 5.88 Å². The normalized spacial score (nSPS) is 11.5. The molecule has 0 unspecified atom stereocenters. The predicted molar refractivity (Wildman–Crippen MR) is 84.7 cm³/mol. The Hall–Kier alpha value is -1.82. The van der Waals surface area contributed by atoms with Crippen molar-refractivity contribution in [2.24, 2.45) is 0 Å². The van der Waals surface area contributed by atoms with Gasteiger partial charge < -0.3 is 10.5 Å². The molecule has 5 nitrogen and oxygen atoms in total. The van der Waals surface area contributed by atoms with Crippen LogP contribution in [-0.2, 0) is 0 Å². The first-order chi connectivity index (χ1) is 9.73. The van der Waals surface area contributed by atoms with Crippen LogP contribution in [0, 0.1) is 13.8 Å². The summed E-state index contributed by atoms with van der Waals surface area (Å²) in [7, 11) is 0. The second kappa shape index (κ2) is 5.89. The van der Waals surface area contributed by atoms with Crippen LogP contribution in [0.5, 0.6) is 5.88 Å². The second-order valence-corrected chi connectivity index (χ2v) is 6.78. The molecule has 2 heterocycles. The highest BCUT2D eigenvalue weighted by Gasteiger charge is 2.16. The van der Waals surface area contributed by atoms with Gasteiger partial charge in [-0.05, 0) is 64.6 Å². The van der Waals surface area contributed by atoms with Gasteiger partial charge in [-0.2, -0.15) is 0 Å². The van der Waals surface area contributed by atoms with Gasteiger partial charge in [0.25, 0.3) is 0 Å². The lowest BCUT2D eigenvalue weighted by molar-refractivity contribution is 0.124. The fourth-order valence-corrected chi connectivity index (χ4v) is 2.53. The molecule has 0 aliphatic carbocycles. The fraction of sp³-hybridized carbons (Fsp3) is 0.400. The molecule has 6 heteroatoms. The van der Waals surface area contributed by atoms with E-state index in [-0.39, 0.29) is 5.60 Å². The van der Waals surface area contributed by atoms with E-state index < -0.39 is 0 Å². The van der Waals surface area contributed by atoms with Gasteiger partial charge in [-0.3, -0.25) is 0 Å². The van der Waals surface area contributed by atoms with E-state index >= 15 is 0 Å². The maximum absolute atomic E-state index is 5.91. The maximum atomic E-state index is 5.91. The highest BCUT2D eigenvalue weighted by atomic mass is 32.2. The van der Waals surface area contributed by atoms with Gasteiger partial charge in [-0.25, -0.2) is 15.0 Å². The molecule has 0 saturated heterocycles. The van der Waals surface area contributed by atoms with Crippen LogP contribution in [0.25, 0.3) is 0 Å². The van der Waals surface area contributed by atoms with Gasteiger partial charge >= 0.3 is 0 Å². The number of nitrogens with zero attached hydrogens (tertiary/aromatic N) is 3. The van der Waals surface area contributed by atoms with E-state index in [0.29, 0.717) is 16.7 Å². The Labute approximate surface area is 129 Å². The average Bonchev–Trinajstić information content (AvgIpc) is 2.30. The van der Waals surface area contributed by atoms with Crippen LogP contribution in [0.15, 0.2) is 28.4 Å². The van der Waals surface area contributed by atoms with Crippen LogP contribution in [0.1, 0.15) is 32.2 Å². The van der Waals surface area contributed by atoms with E-state index in [1.54, 1.807) is 6.07 Å². The van der Waals surface area contributed by atoms with Crippen molar-refractivity contribution in [3.8, 4) is 5.88 Å². The predicted octanol–water partition coefficient (Wildman–Crippen LogP) is 3.40. The molecular formula is C15H20N4OS. The molecule has 0 amide bonds. The first kappa shape index (κ1) is 15.6. The van der Waals surface area contributed by atoms with Gasteiger partial charge in [0.05, 0.1) is 5.69 Å². The van der Waals surface area contributed by atoms with E-state index in [4.69, 9.17) is 10.5 Å². The first-order valence-electron chi connectivity index (χ1n) is 6.68. The van der Waals surface area contributed by atoms with Crippen LogP contribution in [0.3, 0.4) is 0 Å². The SMILES string of the molecule is Cc1cc(C)nc(Sc2ccc(N)c(OC(C)(C)C)n2)n1. The van der Waals surface area contributed by atoms with Gasteiger partial charge in [-0.15, -0.1) is 0 Å². The number of pyridine rings is 1. The Morgan fingerprint density at radius 3 is 2.24 bits per heavy atom. The number of aryl methyl sites for hydroxylation is 2. The monoisotopic (exact) mass is 304 g/mol. The zero-order chi connectivity index (χ0) is 15.6. The number of hydrogen-bond donors (Lipinski definition) is 1. The van der Waals surface area contributed by atoms with E-state index in [2.05, 4.69) is 15.0 Å². The number of anilines is 1. The molecule has 0 spiro atoms. The van der Waals surface area contributed by atoms with Crippen LogP contribution < -0.4 is 10.5 Å². The standard InChI is InChI=1S/C15H20N4OS/c1-9-8-10(2)18-14(17-9)21-12-7-6-11(16)13(19-12)20-15(3,4)5/h6-8H,16H2,1-5H3. The van der Waals surface area contributed by atoms with Gasteiger partial charge in [-0.1, -0.05) is 0 Å². The average molecular weight is 304 g/mol. The second-order valence-electron chi connectivity index (χ2n) is 5.79. The van der Waals surface area contributed by atoms with Crippen LogP contribution in [0.4, 0.5) is 5.69 Å². The van der Waals surface area contributed by atoms with Crippen molar-refractivity contribution in [1.29, 1.82) is 0 Å². The van der Waals surface area contributed by atoms with Crippen molar-refractivity contribution >= 4 is 17.4 Å². The van der Waals surface area contributed by atoms with E-state index in [1.807, 2.05) is 46.8 Å². The van der Waals surface area contributed by atoms with Crippen molar-refractivity contribution in [3.63, 3.8) is 0 Å². The maximum Gasteiger partial charge on any atom is 0.238 e. The van der Waals surface area contributed by atoms with Gasteiger partial charge in [0.1, 0.15) is 10.6 Å². The van der Waals surface area contributed by atoms with Crippen molar-refractivity contribution in [3.05, 3.63) is 29.6 Å². The van der Waals surface area contributed by atoms with Crippen LogP contribution >= 0.6 is 11.8 Å². The third-order valence-corrected chi connectivity index (χ3v) is 3.23. The molecule has 112 valence electrons. The minimum Gasteiger partial charge on any atom is -0.470 e. The van der Waals surface area contributed by atoms with Crippen molar-refractivity contribution < 1.29 is 4.74 Å². The lowest BCUT2D eigenvalue weighted by Gasteiger charge is -2.21. The topological polar surface area (TPSA) is 73.9 Å². The molecule has 0 fully saturated rings. The molecule has 2 aromatic heterocycles. The number of aromatic nitrogens is 3. The highest BCUT2D eigenvalue weighted by molar-refractivity contribution is 7.99.